The third-order valence-corrected chi connectivity index (χ3v) is 6.95. The van der Waals surface area contributed by atoms with Crippen LogP contribution < -0.4 is 0 Å². The quantitative estimate of drug-likeness (QED) is 0.181. The average molecular weight is 474 g/mol. The Morgan fingerprint density at radius 2 is 0.919 bits per heavy atom. The first kappa shape index (κ1) is 21.4. The maximum absolute atomic E-state index is 4.95. The van der Waals surface area contributed by atoms with E-state index in [0.29, 0.717) is 0 Å². The zero-order valence-corrected chi connectivity index (χ0v) is 20.2. The molecule has 37 heavy (non-hydrogen) atoms. The molecule has 0 unspecified atom stereocenters. The minimum absolute atomic E-state index is 0.740. The third kappa shape index (κ3) is 3.91. The second kappa shape index (κ2) is 8.96. The first-order valence-corrected chi connectivity index (χ1v) is 12.5. The minimum Gasteiger partial charge on any atom is -0.254 e. The van der Waals surface area contributed by atoms with Crippen LogP contribution in [0.25, 0.3) is 43.1 Å². The van der Waals surface area contributed by atoms with E-state index in [4.69, 9.17) is 15.0 Å². The van der Waals surface area contributed by atoms with Crippen molar-refractivity contribution in [2.24, 2.45) is 15.0 Å². The van der Waals surface area contributed by atoms with Crippen molar-refractivity contribution in [1.82, 2.24) is 0 Å². The second-order valence-corrected chi connectivity index (χ2v) is 9.29. The van der Waals surface area contributed by atoms with Gasteiger partial charge in [-0.15, -0.1) is 0 Å². The predicted octanol–water partition coefficient (Wildman–Crippen LogP) is 9.13. The Morgan fingerprint density at radius 3 is 1.38 bits per heavy atom. The van der Waals surface area contributed by atoms with Gasteiger partial charge in [-0.1, -0.05) is 103 Å². The van der Waals surface area contributed by atoms with Gasteiger partial charge in [0.15, 0.2) is 0 Å². The molecule has 0 saturated heterocycles. The number of aliphatic imine (C=N–C) groups is 3. The lowest BCUT2D eigenvalue weighted by atomic mass is 10.0. The third-order valence-electron chi connectivity index (χ3n) is 6.95. The maximum Gasteiger partial charge on any atom is 0.0787 e. The van der Waals surface area contributed by atoms with Crippen LogP contribution in [0.15, 0.2) is 136 Å². The zero-order chi connectivity index (χ0) is 24.6. The van der Waals surface area contributed by atoms with Crippen LogP contribution in [0.2, 0.25) is 0 Å². The molecule has 3 nitrogen and oxygen atoms in total. The standard InChI is InChI=1S/C34H23N3/c1-5-13-29-23(9-1)19-24-10-2-6-14-30(24)33(29)35-21-27-17-18-28(37-27)22-36-34-31-15-7-3-11-25(31)20-26-12-4-8-16-32(26)34/h1-17,19-22H,18H2. The molecule has 0 aromatic heterocycles. The van der Waals surface area contributed by atoms with Gasteiger partial charge in [-0.05, 0) is 33.7 Å². The Hall–Kier alpha value is -4.89. The fourth-order valence-corrected chi connectivity index (χ4v) is 5.16. The van der Waals surface area contributed by atoms with E-state index in [1.54, 1.807) is 0 Å². The van der Waals surface area contributed by atoms with Crippen molar-refractivity contribution in [3.8, 4) is 0 Å². The highest BCUT2D eigenvalue weighted by molar-refractivity contribution is 6.33. The topological polar surface area (TPSA) is 37.1 Å². The number of fused-ring (bicyclic) bond motifs is 4. The molecule has 174 valence electrons. The summed E-state index contributed by atoms with van der Waals surface area (Å²) in [6.45, 7) is 0. The van der Waals surface area contributed by atoms with Gasteiger partial charge >= 0.3 is 0 Å². The molecule has 1 heterocycles. The summed E-state index contributed by atoms with van der Waals surface area (Å²) in [6.07, 6.45) is 6.63. The van der Waals surface area contributed by atoms with Crippen molar-refractivity contribution in [3.05, 3.63) is 121 Å². The monoisotopic (exact) mass is 473 g/mol. The highest BCUT2D eigenvalue weighted by Crippen LogP contribution is 2.36. The van der Waals surface area contributed by atoms with E-state index in [1.165, 1.54) is 21.5 Å². The van der Waals surface area contributed by atoms with E-state index in [-0.39, 0.29) is 0 Å². The van der Waals surface area contributed by atoms with Gasteiger partial charge in [0.25, 0.3) is 0 Å². The molecule has 0 N–H and O–H groups in total. The average Bonchev–Trinajstić information content (AvgIpc) is 3.41. The highest BCUT2D eigenvalue weighted by Gasteiger charge is 2.10. The van der Waals surface area contributed by atoms with Gasteiger partial charge in [-0.2, -0.15) is 0 Å². The van der Waals surface area contributed by atoms with E-state index in [2.05, 4.69) is 115 Å². The lowest BCUT2D eigenvalue weighted by Crippen LogP contribution is -1.94. The van der Waals surface area contributed by atoms with Crippen LogP contribution in [-0.4, -0.2) is 18.1 Å². The number of hydrogen-bond donors (Lipinski definition) is 0. The molecule has 3 heteroatoms. The van der Waals surface area contributed by atoms with Crippen LogP contribution >= 0.6 is 0 Å². The van der Waals surface area contributed by atoms with E-state index >= 15 is 0 Å². The summed E-state index contributed by atoms with van der Waals surface area (Å²) in [4.78, 5) is 14.7. The van der Waals surface area contributed by atoms with Gasteiger partial charge < -0.3 is 0 Å². The first-order valence-electron chi connectivity index (χ1n) is 12.5. The number of allylic oxidation sites excluding steroid dienone is 2. The summed E-state index contributed by atoms with van der Waals surface area (Å²) in [7, 11) is 0. The van der Waals surface area contributed by atoms with Crippen molar-refractivity contribution in [2.75, 3.05) is 0 Å². The normalized spacial score (nSPS) is 13.9. The van der Waals surface area contributed by atoms with Crippen molar-refractivity contribution in [1.29, 1.82) is 0 Å². The Bertz CT molecular complexity index is 1850. The SMILES string of the molecule is C(=Nc1c2ccccc2cc2ccccc12)C1=CCC(C=Nc2c3ccccc3cc3ccccc23)=N1. The molecule has 6 aromatic rings. The molecule has 0 aliphatic carbocycles. The van der Waals surface area contributed by atoms with Crippen LogP contribution in [-0.2, 0) is 0 Å². The van der Waals surface area contributed by atoms with Crippen LogP contribution in [0.5, 0.6) is 0 Å². The van der Waals surface area contributed by atoms with Gasteiger partial charge in [-0.25, -0.2) is 0 Å². The molecule has 0 spiro atoms. The Labute approximate surface area is 214 Å². The van der Waals surface area contributed by atoms with E-state index < -0.39 is 0 Å². The van der Waals surface area contributed by atoms with Crippen molar-refractivity contribution in [3.63, 3.8) is 0 Å². The highest BCUT2D eigenvalue weighted by atomic mass is 14.8. The molecule has 1 aliphatic heterocycles. The zero-order valence-electron chi connectivity index (χ0n) is 20.2. The van der Waals surface area contributed by atoms with Crippen molar-refractivity contribution in [2.45, 2.75) is 6.42 Å². The summed E-state index contributed by atoms with van der Waals surface area (Å²) >= 11 is 0. The summed E-state index contributed by atoms with van der Waals surface area (Å²) in [6, 6.07) is 38.1. The van der Waals surface area contributed by atoms with Crippen LogP contribution in [0, 0.1) is 0 Å². The maximum atomic E-state index is 4.95. The van der Waals surface area contributed by atoms with E-state index in [9.17, 15) is 0 Å². The largest absolute Gasteiger partial charge is 0.254 e. The number of nitrogens with zero attached hydrogens (tertiary/aromatic N) is 3. The molecule has 0 radical (unpaired) electrons. The fourth-order valence-electron chi connectivity index (χ4n) is 5.16. The Kier molecular flexibility index (Phi) is 5.18. The van der Waals surface area contributed by atoms with E-state index in [1.807, 2.05) is 12.4 Å². The fraction of sp³-hybridized carbons (Fsp3) is 0.0294. The predicted molar refractivity (Wildman–Crippen MR) is 159 cm³/mol. The van der Waals surface area contributed by atoms with Gasteiger partial charge in [0.2, 0.25) is 0 Å². The molecule has 6 aromatic carbocycles. The number of rotatable bonds is 4. The molecule has 0 saturated carbocycles. The van der Waals surface area contributed by atoms with Crippen LogP contribution in [0.1, 0.15) is 6.42 Å². The van der Waals surface area contributed by atoms with Crippen molar-refractivity contribution < 1.29 is 0 Å². The Balaban J connectivity index is 1.23. The molecule has 0 atom stereocenters. The van der Waals surface area contributed by atoms with Gasteiger partial charge in [0.05, 0.1) is 29.0 Å². The molecule has 0 bridgehead atoms. The van der Waals surface area contributed by atoms with E-state index in [0.717, 1.165) is 50.7 Å². The molecular formula is C34H23N3. The van der Waals surface area contributed by atoms with Crippen LogP contribution in [0.3, 0.4) is 0 Å². The smallest absolute Gasteiger partial charge is 0.0787 e. The lowest BCUT2D eigenvalue weighted by Gasteiger charge is -2.07. The summed E-state index contributed by atoms with van der Waals surface area (Å²) in [5, 5.41) is 9.33. The second-order valence-electron chi connectivity index (χ2n) is 9.29. The summed E-state index contributed by atoms with van der Waals surface area (Å²) in [5.41, 5.74) is 3.76. The molecule has 0 amide bonds. The Morgan fingerprint density at radius 1 is 0.514 bits per heavy atom. The lowest BCUT2D eigenvalue weighted by molar-refractivity contribution is 1.50. The summed E-state index contributed by atoms with van der Waals surface area (Å²) in [5.74, 6) is 0. The molecule has 1 aliphatic rings. The molecular weight excluding hydrogens is 450 g/mol. The van der Waals surface area contributed by atoms with Crippen LogP contribution in [0.4, 0.5) is 11.4 Å². The van der Waals surface area contributed by atoms with Gasteiger partial charge in [-0.3, -0.25) is 15.0 Å². The van der Waals surface area contributed by atoms with Gasteiger partial charge in [0, 0.05) is 34.2 Å². The summed E-state index contributed by atoms with van der Waals surface area (Å²) < 4.78 is 0. The first-order chi connectivity index (χ1) is 18.3. The molecule has 7 rings (SSSR count). The number of benzene rings is 6. The molecule has 0 fully saturated rings. The van der Waals surface area contributed by atoms with Gasteiger partial charge in [0.1, 0.15) is 0 Å². The number of hydrogen-bond acceptors (Lipinski definition) is 3. The minimum atomic E-state index is 0.740. The van der Waals surface area contributed by atoms with Crippen molar-refractivity contribution >= 4 is 72.6 Å².